The third kappa shape index (κ3) is 2.03. The van der Waals surface area contributed by atoms with Crippen molar-refractivity contribution in [2.45, 2.75) is 6.92 Å². The number of hydrogen-bond acceptors (Lipinski definition) is 4. The molecule has 0 aliphatic rings. The average molecular weight is 284 g/mol. The molecule has 0 saturated heterocycles. The van der Waals surface area contributed by atoms with Crippen LogP contribution in [-0.2, 0) is 14.1 Å². The molecule has 2 aromatic heterocycles. The number of fused-ring (bicyclic) bond motifs is 1. The topological polar surface area (TPSA) is 90.8 Å². The zero-order chi connectivity index (χ0) is 15.1. The minimum atomic E-state index is -0.304. The molecule has 0 saturated carbocycles. The number of amides is 1. The van der Waals surface area contributed by atoms with Gasteiger partial charge in [-0.15, -0.1) is 0 Å². The van der Waals surface area contributed by atoms with E-state index in [0.717, 1.165) is 10.9 Å². The summed E-state index contributed by atoms with van der Waals surface area (Å²) < 4.78 is 3.23. The van der Waals surface area contributed by atoms with Crippen LogP contribution < -0.4 is 11.1 Å². The van der Waals surface area contributed by atoms with Gasteiger partial charge in [-0.05, 0) is 13.0 Å². The minimum absolute atomic E-state index is 0.304. The van der Waals surface area contributed by atoms with E-state index in [1.807, 2.05) is 31.3 Å². The lowest BCUT2D eigenvalue weighted by molar-refractivity contribution is 0.102. The highest BCUT2D eigenvalue weighted by Gasteiger charge is 2.19. The first kappa shape index (κ1) is 13.2. The number of para-hydroxylation sites is 1. The number of rotatable bonds is 2. The van der Waals surface area contributed by atoms with Crippen molar-refractivity contribution in [1.82, 2.24) is 19.6 Å². The number of hydrogen-bond donors (Lipinski definition) is 2. The van der Waals surface area contributed by atoms with Crippen molar-refractivity contribution in [3.05, 3.63) is 35.7 Å². The van der Waals surface area contributed by atoms with E-state index in [4.69, 9.17) is 5.73 Å². The molecule has 0 bridgehead atoms. The molecule has 3 rings (SSSR count). The van der Waals surface area contributed by atoms with Crippen molar-refractivity contribution in [2.75, 3.05) is 11.1 Å². The van der Waals surface area contributed by atoms with Gasteiger partial charge in [0.05, 0.1) is 16.9 Å². The summed E-state index contributed by atoms with van der Waals surface area (Å²) in [5.41, 5.74) is 8.33. The normalized spacial score (nSPS) is 11.0. The number of benzene rings is 1. The molecule has 1 aromatic carbocycles. The number of carbonyl (C=O) groups is 1. The second-order valence-electron chi connectivity index (χ2n) is 4.91. The molecule has 21 heavy (non-hydrogen) atoms. The van der Waals surface area contributed by atoms with Crippen LogP contribution in [0.1, 0.15) is 16.2 Å². The summed E-state index contributed by atoms with van der Waals surface area (Å²) in [6, 6.07) is 7.58. The first-order chi connectivity index (χ1) is 9.99. The van der Waals surface area contributed by atoms with Crippen LogP contribution in [0.4, 0.5) is 11.5 Å². The summed E-state index contributed by atoms with van der Waals surface area (Å²) >= 11 is 0. The Hall–Kier alpha value is -2.83. The van der Waals surface area contributed by atoms with Crippen LogP contribution in [-0.4, -0.2) is 25.5 Å². The molecule has 2 heterocycles. The Labute approximate surface area is 121 Å². The molecule has 1 amide bonds. The van der Waals surface area contributed by atoms with Gasteiger partial charge in [0, 0.05) is 19.5 Å². The molecule has 3 N–H and O–H groups in total. The maximum Gasteiger partial charge on any atom is 0.278 e. The molecule has 3 aromatic rings. The Morgan fingerprint density at radius 2 is 1.90 bits per heavy atom. The van der Waals surface area contributed by atoms with Crippen LogP contribution in [0.5, 0.6) is 0 Å². The summed E-state index contributed by atoms with van der Waals surface area (Å²) in [7, 11) is 3.54. The highest BCUT2D eigenvalue weighted by molar-refractivity contribution is 6.11. The maximum absolute atomic E-state index is 12.5. The van der Waals surface area contributed by atoms with Crippen molar-refractivity contribution in [3.63, 3.8) is 0 Å². The number of anilines is 2. The Kier molecular flexibility index (Phi) is 2.90. The van der Waals surface area contributed by atoms with Gasteiger partial charge in [0.25, 0.3) is 5.91 Å². The number of nitrogen functional groups attached to an aromatic ring is 1. The number of nitrogens with one attached hydrogen (secondary N) is 1. The number of nitrogens with two attached hydrogens (primary N) is 1. The Balaban J connectivity index is 2.02. The second kappa shape index (κ2) is 4.62. The molecular weight excluding hydrogens is 268 g/mol. The summed E-state index contributed by atoms with van der Waals surface area (Å²) in [6.07, 6.45) is 0. The zero-order valence-electron chi connectivity index (χ0n) is 12.1. The maximum atomic E-state index is 12.5. The van der Waals surface area contributed by atoms with Crippen LogP contribution in [0.15, 0.2) is 24.3 Å². The van der Waals surface area contributed by atoms with Gasteiger partial charge in [-0.3, -0.25) is 14.2 Å². The molecule has 0 unspecified atom stereocenters. The van der Waals surface area contributed by atoms with E-state index < -0.39 is 0 Å². The summed E-state index contributed by atoms with van der Waals surface area (Å²) in [5, 5.41) is 12.0. The van der Waals surface area contributed by atoms with Crippen molar-refractivity contribution >= 4 is 28.3 Å². The van der Waals surface area contributed by atoms with Gasteiger partial charge < -0.3 is 11.1 Å². The molecule has 0 aliphatic heterocycles. The van der Waals surface area contributed by atoms with Crippen molar-refractivity contribution in [2.24, 2.45) is 14.1 Å². The van der Waals surface area contributed by atoms with Crippen molar-refractivity contribution in [1.29, 1.82) is 0 Å². The Bertz CT molecular complexity index is 845. The van der Waals surface area contributed by atoms with E-state index in [2.05, 4.69) is 15.5 Å². The van der Waals surface area contributed by atoms with Gasteiger partial charge in [-0.2, -0.15) is 10.2 Å². The third-order valence-electron chi connectivity index (χ3n) is 3.47. The highest BCUT2D eigenvalue weighted by Crippen LogP contribution is 2.23. The van der Waals surface area contributed by atoms with E-state index in [1.165, 1.54) is 0 Å². The second-order valence-corrected chi connectivity index (χ2v) is 4.91. The first-order valence-corrected chi connectivity index (χ1v) is 6.51. The number of aromatic nitrogens is 4. The molecule has 0 aliphatic carbocycles. The lowest BCUT2D eigenvalue weighted by Crippen LogP contribution is -2.16. The van der Waals surface area contributed by atoms with E-state index in [9.17, 15) is 4.79 Å². The molecule has 0 radical (unpaired) electrons. The lowest BCUT2D eigenvalue weighted by atomic mass is 10.2. The molecule has 7 heteroatoms. The van der Waals surface area contributed by atoms with Crippen LogP contribution in [0.25, 0.3) is 10.9 Å². The highest BCUT2D eigenvalue weighted by atomic mass is 16.2. The predicted octanol–water partition coefficient (Wildman–Crippen LogP) is 1.45. The summed E-state index contributed by atoms with van der Waals surface area (Å²) in [5.74, 6) is 0.175. The summed E-state index contributed by atoms with van der Waals surface area (Å²) in [6.45, 7) is 1.79. The standard InChI is InChI=1S/C14H16N6O/c1-8-11(15)13(20(3)17-8)16-14(21)12-9-6-4-5-7-10(9)19(2)18-12/h4-7H,15H2,1-3H3,(H,16,21). The molecule has 108 valence electrons. The van der Waals surface area contributed by atoms with Gasteiger partial charge >= 0.3 is 0 Å². The monoisotopic (exact) mass is 284 g/mol. The summed E-state index contributed by atoms with van der Waals surface area (Å²) in [4.78, 5) is 12.5. The molecule has 0 spiro atoms. The Morgan fingerprint density at radius 1 is 1.19 bits per heavy atom. The van der Waals surface area contributed by atoms with E-state index in [-0.39, 0.29) is 5.91 Å². The zero-order valence-corrected chi connectivity index (χ0v) is 12.1. The number of nitrogens with zero attached hydrogens (tertiary/aromatic N) is 4. The van der Waals surface area contributed by atoms with Crippen LogP contribution in [0.2, 0.25) is 0 Å². The molecular formula is C14H16N6O. The SMILES string of the molecule is Cc1nn(C)c(NC(=O)c2nn(C)c3ccccc23)c1N. The van der Waals surface area contributed by atoms with Crippen LogP contribution in [0.3, 0.4) is 0 Å². The van der Waals surface area contributed by atoms with E-state index in [1.54, 1.807) is 23.3 Å². The van der Waals surface area contributed by atoms with Gasteiger partial charge in [-0.1, -0.05) is 18.2 Å². The van der Waals surface area contributed by atoms with Gasteiger partial charge in [-0.25, -0.2) is 0 Å². The quantitative estimate of drug-likeness (QED) is 0.745. The minimum Gasteiger partial charge on any atom is -0.394 e. The smallest absolute Gasteiger partial charge is 0.278 e. The van der Waals surface area contributed by atoms with Crippen LogP contribution >= 0.6 is 0 Å². The molecule has 7 nitrogen and oxygen atoms in total. The largest absolute Gasteiger partial charge is 0.394 e. The van der Waals surface area contributed by atoms with Gasteiger partial charge in [0.1, 0.15) is 0 Å². The average Bonchev–Trinajstić information content (AvgIpc) is 2.92. The fraction of sp³-hybridized carbons (Fsp3) is 0.214. The van der Waals surface area contributed by atoms with E-state index in [0.29, 0.717) is 22.9 Å². The fourth-order valence-corrected chi connectivity index (χ4v) is 2.37. The predicted molar refractivity (Wildman–Crippen MR) is 81.0 cm³/mol. The lowest BCUT2D eigenvalue weighted by Gasteiger charge is -2.05. The fourth-order valence-electron chi connectivity index (χ4n) is 2.37. The third-order valence-corrected chi connectivity index (χ3v) is 3.47. The van der Waals surface area contributed by atoms with E-state index >= 15 is 0 Å². The molecule has 0 atom stereocenters. The van der Waals surface area contributed by atoms with Crippen molar-refractivity contribution in [3.8, 4) is 0 Å². The van der Waals surface area contributed by atoms with Gasteiger partial charge in [0.2, 0.25) is 0 Å². The first-order valence-electron chi connectivity index (χ1n) is 6.51. The van der Waals surface area contributed by atoms with Crippen LogP contribution in [0, 0.1) is 6.92 Å². The van der Waals surface area contributed by atoms with Crippen molar-refractivity contribution < 1.29 is 4.79 Å². The number of aryl methyl sites for hydroxylation is 3. The molecule has 0 fully saturated rings. The van der Waals surface area contributed by atoms with Gasteiger partial charge in [0.15, 0.2) is 11.5 Å². The number of carbonyl (C=O) groups excluding carboxylic acids is 1. The Morgan fingerprint density at radius 3 is 2.57 bits per heavy atom.